The highest BCUT2D eigenvalue weighted by Crippen LogP contribution is 2.39. The standard InChI is InChI=1S/C40H50O6S2/c1-4-31(28-38(35-16-10-7-11-17-35)27-30(3)33-19-23-39(24-20-33)47(41,42)43)13-12-18-37(29-32(5-2)34-14-8-6-9-15-34)36-21-25-40(26-22-36)48(44,45)46/h6-11,14-17,19-26,30-32,37-38H,4-5,12-13,18,27-29H2,1-3H3,(H,41,42,43)(H,44,45,46). The van der Waals surface area contributed by atoms with Crippen molar-refractivity contribution < 1.29 is 25.9 Å². The summed E-state index contributed by atoms with van der Waals surface area (Å²) in [6.07, 6.45) is 8.11. The van der Waals surface area contributed by atoms with Crippen LogP contribution in [-0.2, 0) is 20.2 Å². The van der Waals surface area contributed by atoms with Gasteiger partial charge < -0.3 is 0 Å². The molecule has 5 unspecified atom stereocenters. The Morgan fingerprint density at radius 3 is 1.42 bits per heavy atom. The molecule has 2 N–H and O–H groups in total. The molecular formula is C40H50O6S2. The van der Waals surface area contributed by atoms with Crippen LogP contribution in [0.4, 0.5) is 0 Å². The fourth-order valence-electron chi connectivity index (χ4n) is 7.11. The van der Waals surface area contributed by atoms with Crippen molar-refractivity contribution in [2.24, 2.45) is 5.92 Å². The molecule has 258 valence electrons. The average Bonchev–Trinajstić information content (AvgIpc) is 3.09. The zero-order valence-corrected chi connectivity index (χ0v) is 29.9. The summed E-state index contributed by atoms with van der Waals surface area (Å²) >= 11 is 0. The molecule has 0 aliphatic heterocycles. The Kier molecular flexibility index (Phi) is 13.6. The fourth-order valence-corrected chi connectivity index (χ4v) is 8.07. The van der Waals surface area contributed by atoms with Crippen LogP contribution in [0.15, 0.2) is 119 Å². The molecule has 4 aromatic carbocycles. The van der Waals surface area contributed by atoms with Crippen LogP contribution in [-0.4, -0.2) is 25.9 Å². The molecule has 6 nitrogen and oxygen atoms in total. The van der Waals surface area contributed by atoms with Gasteiger partial charge in [0.15, 0.2) is 0 Å². The first kappa shape index (κ1) is 37.5. The van der Waals surface area contributed by atoms with E-state index in [4.69, 9.17) is 0 Å². The number of hydrogen-bond donors (Lipinski definition) is 2. The lowest BCUT2D eigenvalue weighted by Crippen LogP contribution is -2.12. The van der Waals surface area contributed by atoms with Crippen molar-refractivity contribution in [2.45, 2.75) is 106 Å². The van der Waals surface area contributed by atoms with Gasteiger partial charge in [-0.15, -0.1) is 0 Å². The second-order valence-electron chi connectivity index (χ2n) is 13.2. The van der Waals surface area contributed by atoms with Crippen molar-refractivity contribution in [1.82, 2.24) is 0 Å². The quantitative estimate of drug-likeness (QED) is 0.101. The largest absolute Gasteiger partial charge is 0.294 e. The van der Waals surface area contributed by atoms with Crippen molar-refractivity contribution >= 4 is 20.2 Å². The summed E-state index contributed by atoms with van der Waals surface area (Å²) in [7, 11) is -8.48. The van der Waals surface area contributed by atoms with Crippen LogP contribution in [0.2, 0.25) is 0 Å². The number of hydrogen-bond acceptors (Lipinski definition) is 4. The van der Waals surface area contributed by atoms with Crippen molar-refractivity contribution in [2.75, 3.05) is 0 Å². The molecular weight excluding hydrogens is 641 g/mol. The molecule has 0 saturated carbocycles. The zero-order valence-electron chi connectivity index (χ0n) is 28.3. The Labute approximate surface area is 288 Å². The second-order valence-corrected chi connectivity index (χ2v) is 16.1. The Morgan fingerprint density at radius 2 is 0.958 bits per heavy atom. The molecule has 48 heavy (non-hydrogen) atoms. The summed E-state index contributed by atoms with van der Waals surface area (Å²) in [4.78, 5) is -0.174. The normalized spacial score (nSPS) is 15.4. The minimum Gasteiger partial charge on any atom is -0.282 e. The van der Waals surface area contributed by atoms with Gasteiger partial charge in [-0.1, -0.05) is 125 Å². The first-order chi connectivity index (χ1) is 22.9. The molecule has 0 bridgehead atoms. The van der Waals surface area contributed by atoms with Gasteiger partial charge in [0, 0.05) is 0 Å². The fraction of sp³-hybridized carbons (Fsp3) is 0.400. The van der Waals surface area contributed by atoms with Crippen molar-refractivity contribution in [3.05, 3.63) is 131 Å². The van der Waals surface area contributed by atoms with Gasteiger partial charge in [0.2, 0.25) is 0 Å². The van der Waals surface area contributed by atoms with Crippen LogP contribution in [0, 0.1) is 5.92 Å². The van der Waals surface area contributed by atoms with E-state index in [1.54, 1.807) is 12.1 Å². The third-order valence-electron chi connectivity index (χ3n) is 10.00. The average molecular weight is 691 g/mol. The molecule has 0 aliphatic rings. The Morgan fingerprint density at radius 1 is 0.500 bits per heavy atom. The number of benzene rings is 4. The van der Waals surface area contributed by atoms with Crippen molar-refractivity contribution in [3.63, 3.8) is 0 Å². The monoisotopic (exact) mass is 690 g/mol. The Balaban J connectivity index is 1.48. The van der Waals surface area contributed by atoms with Crippen LogP contribution in [0.3, 0.4) is 0 Å². The highest BCUT2D eigenvalue weighted by Gasteiger charge is 2.23. The highest BCUT2D eigenvalue weighted by atomic mass is 32.2. The summed E-state index contributed by atoms with van der Waals surface area (Å²) in [5.74, 6) is 1.68. The predicted octanol–water partition coefficient (Wildman–Crippen LogP) is 10.4. The summed E-state index contributed by atoms with van der Waals surface area (Å²) in [5, 5.41) is 0. The van der Waals surface area contributed by atoms with Gasteiger partial charge in [-0.25, -0.2) is 0 Å². The van der Waals surface area contributed by atoms with Gasteiger partial charge in [0.05, 0.1) is 9.79 Å². The molecule has 4 aromatic rings. The lowest BCUT2D eigenvalue weighted by Gasteiger charge is -2.27. The maximum atomic E-state index is 11.7. The Hall–Kier alpha value is -3.30. The van der Waals surface area contributed by atoms with Crippen LogP contribution >= 0.6 is 0 Å². The van der Waals surface area contributed by atoms with E-state index in [9.17, 15) is 25.9 Å². The molecule has 8 heteroatoms. The van der Waals surface area contributed by atoms with E-state index < -0.39 is 20.2 Å². The molecule has 0 saturated heterocycles. The second kappa shape index (κ2) is 17.4. The molecule has 0 amide bonds. The predicted molar refractivity (Wildman–Crippen MR) is 194 cm³/mol. The highest BCUT2D eigenvalue weighted by molar-refractivity contribution is 7.86. The Bertz CT molecular complexity index is 1760. The lowest BCUT2D eigenvalue weighted by molar-refractivity contribution is 0.354. The molecule has 5 atom stereocenters. The summed E-state index contributed by atoms with van der Waals surface area (Å²) in [6.45, 7) is 6.66. The summed E-state index contributed by atoms with van der Waals surface area (Å²) < 4.78 is 65.5. The van der Waals surface area contributed by atoms with Crippen LogP contribution in [0.5, 0.6) is 0 Å². The number of rotatable bonds is 18. The molecule has 0 spiro atoms. The summed E-state index contributed by atoms with van der Waals surface area (Å²) in [5.41, 5.74) is 4.77. The SMILES string of the molecule is CCC(CCCC(CC(CC)c1ccccc1)c1ccc(S(=O)(=O)O)cc1)CC(CC(C)c1ccc(S(=O)(=O)O)cc1)c1ccccc1. The maximum absolute atomic E-state index is 11.7. The van der Waals surface area contributed by atoms with E-state index in [-0.39, 0.29) is 21.6 Å². The van der Waals surface area contributed by atoms with Crippen molar-refractivity contribution in [1.29, 1.82) is 0 Å². The van der Waals surface area contributed by atoms with E-state index in [2.05, 4.69) is 69.3 Å². The van der Waals surface area contributed by atoms with Gasteiger partial charge in [0.1, 0.15) is 0 Å². The van der Waals surface area contributed by atoms with E-state index >= 15 is 0 Å². The topological polar surface area (TPSA) is 109 Å². The van der Waals surface area contributed by atoms with Crippen LogP contribution in [0.1, 0.15) is 118 Å². The first-order valence-corrected chi connectivity index (χ1v) is 20.0. The van der Waals surface area contributed by atoms with Crippen molar-refractivity contribution in [3.8, 4) is 0 Å². The van der Waals surface area contributed by atoms with Crippen LogP contribution in [0.25, 0.3) is 0 Å². The third-order valence-corrected chi connectivity index (χ3v) is 11.7. The van der Waals surface area contributed by atoms with E-state index in [0.29, 0.717) is 17.8 Å². The van der Waals surface area contributed by atoms with Crippen LogP contribution < -0.4 is 0 Å². The maximum Gasteiger partial charge on any atom is 0.294 e. The van der Waals surface area contributed by atoms with E-state index in [1.807, 2.05) is 24.3 Å². The minimum absolute atomic E-state index is 0.0818. The van der Waals surface area contributed by atoms with Gasteiger partial charge >= 0.3 is 0 Å². The molecule has 0 aliphatic carbocycles. The van der Waals surface area contributed by atoms with Gasteiger partial charge in [-0.3, -0.25) is 9.11 Å². The molecule has 4 rings (SSSR count). The van der Waals surface area contributed by atoms with Gasteiger partial charge in [-0.05, 0) is 108 Å². The zero-order chi connectivity index (χ0) is 34.7. The third kappa shape index (κ3) is 10.9. The molecule has 0 fully saturated rings. The molecule has 0 radical (unpaired) electrons. The van der Waals surface area contributed by atoms with Gasteiger partial charge in [0.25, 0.3) is 20.2 Å². The lowest BCUT2D eigenvalue weighted by atomic mass is 9.77. The van der Waals surface area contributed by atoms with E-state index in [1.165, 1.54) is 35.4 Å². The molecule has 0 heterocycles. The summed E-state index contributed by atoms with van der Waals surface area (Å²) in [6, 6.07) is 34.5. The van der Waals surface area contributed by atoms with Gasteiger partial charge in [-0.2, -0.15) is 16.8 Å². The minimum atomic E-state index is -4.25. The smallest absolute Gasteiger partial charge is 0.282 e. The van der Waals surface area contributed by atoms with E-state index in [0.717, 1.165) is 62.5 Å². The first-order valence-electron chi connectivity index (χ1n) is 17.1. The molecule has 0 aromatic heterocycles.